The molecule has 3 aliphatic heterocycles. The standard InChI is InChI=1S/C58H66N9O9/c1-63-47(40-76-49-32-44(57(70)72-2)31-45(33-49)58(71)73-3)38-66(62-63)26-11-9-7-5-4-6-8-10-25-65-37-46(60-61-65)39-75-48-21-19-42(20-22-48)35-59-34-41-15-17-43(18-16-41)36-67-55(68)51-14-12-13-50-53(64-27-29-74-30-28-64)24-23-52(54(50)51)56(67)69/h12-24,31-33,37-38,59H,4-11,25-30,34-36,39-40H2,1-3H3. The maximum absolute atomic E-state index is 13.8. The highest BCUT2D eigenvalue weighted by Gasteiger charge is 2.34. The van der Waals surface area contributed by atoms with Crippen molar-refractivity contribution >= 4 is 40.2 Å². The van der Waals surface area contributed by atoms with Crippen LogP contribution in [0.3, 0.4) is 0 Å². The van der Waals surface area contributed by atoms with Gasteiger partial charge in [-0.3, -0.25) is 29.2 Å². The lowest BCUT2D eigenvalue weighted by atomic mass is 9.92. The topological polar surface area (TPSA) is 184 Å². The van der Waals surface area contributed by atoms with Gasteiger partial charge in [-0.1, -0.05) is 92.3 Å². The monoisotopic (exact) mass is 1030 g/mol. The van der Waals surface area contributed by atoms with E-state index in [9.17, 15) is 19.2 Å². The molecule has 1 saturated heterocycles. The Morgan fingerprint density at radius 3 is 1.95 bits per heavy atom. The zero-order valence-corrected chi connectivity index (χ0v) is 43.6. The number of unbranched alkanes of at least 4 members (excludes halogenated alkanes) is 7. The Hall–Kier alpha value is -7.80. The summed E-state index contributed by atoms with van der Waals surface area (Å²) in [5.41, 5.74) is 11.9. The number of rotatable bonds is 26. The number of nitrogens with zero attached hydrogens (tertiary/aromatic N) is 8. The van der Waals surface area contributed by atoms with Crippen LogP contribution in [0.1, 0.15) is 115 Å². The number of anilines is 1. The van der Waals surface area contributed by atoms with Gasteiger partial charge in [0.1, 0.15) is 30.4 Å². The Kier molecular flexibility index (Phi) is 17.9. The van der Waals surface area contributed by atoms with E-state index in [4.69, 9.17) is 23.7 Å². The third-order valence-electron chi connectivity index (χ3n) is 13.9. The number of methoxy groups -OCH3 is 2. The molecule has 0 saturated carbocycles. The average Bonchev–Trinajstić information content (AvgIpc) is 4.11. The molecule has 1 N–H and O–H groups in total. The molecule has 76 heavy (non-hydrogen) atoms. The van der Waals surface area contributed by atoms with E-state index in [-0.39, 0.29) is 36.1 Å². The first-order chi connectivity index (χ1) is 37.1. The summed E-state index contributed by atoms with van der Waals surface area (Å²) < 4.78 is 29.1. The van der Waals surface area contributed by atoms with E-state index in [1.165, 1.54) is 63.0 Å². The van der Waals surface area contributed by atoms with Crippen LogP contribution in [0.5, 0.6) is 11.5 Å². The van der Waals surface area contributed by atoms with Crippen molar-refractivity contribution < 1.29 is 42.9 Å². The summed E-state index contributed by atoms with van der Waals surface area (Å²) in [6.07, 6.45) is 13.0. The van der Waals surface area contributed by atoms with Gasteiger partial charge >= 0.3 is 11.9 Å². The van der Waals surface area contributed by atoms with Crippen LogP contribution in [0.25, 0.3) is 10.8 Å². The second-order valence-electron chi connectivity index (χ2n) is 19.2. The molecule has 3 aliphatic rings. The molecule has 0 spiro atoms. The van der Waals surface area contributed by atoms with Gasteiger partial charge in [-0.2, -0.15) is 0 Å². The van der Waals surface area contributed by atoms with Crippen LogP contribution >= 0.6 is 0 Å². The van der Waals surface area contributed by atoms with Gasteiger partial charge in [0.25, 0.3) is 11.8 Å². The lowest BCUT2D eigenvalue weighted by molar-refractivity contribution is 0.0582. The number of morpholine rings is 1. The first kappa shape index (κ1) is 53.0. The Bertz CT molecular complexity index is 2950. The molecule has 0 bridgehead atoms. The maximum Gasteiger partial charge on any atom is 0.338 e. The van der Waals surface area contributed by atoms with Gasteiger partial charge in [-0.15, -0.1) is 5.10 Å². The smallest absolute Gasteiger partial charge is 0.338 e. The Morgan fingerprint density at radius 1 is 0.671 bits per heavy atom. The van der Waals surface area contributed by atoms with Crippen molar-refractivity contribution in [3.8, 4) is 11.5 Å². The van der Waals surface area contributed by atoms with E-state index < -0.39 is 11.9 Å². The Labute approximate surface area is 443 Å². The number of carbonyl (C=O) groups is 4. The number of ether oxygens (including phenoxy) is 5. The molecule has 6 aromatic rings. The summed E-state index contributed by atoms with van der Waals surface area (Å²) in [5, 5.41) is 17.5. The zero-order chi connectivity index (χ0) is 52.8. The second-order valence-corrected chi connectivity index (χ2v) is 19.2. The predicted molar refractivity (Wildman–Crippen MR) is 285 cm³/mol. The number of imide groups is 1. The molecule has 397 valence electrons. The van der Waals surface area contributed by atoms with Crippen LogP contribution in [-0.2, 0) is 47.0 Å². The van der Waals surface area contributed by atoms with Crippen LogP contribution < -0.4 is 25.2 Å². The first-order valence-electron chi connectivity index (χ1n) is 26.1. The molecular formula is C58H66N9O9. The molecule has 2 amide bonds. The molecule has 0 aliphatic carbocycles. The summed E-state index contributed by atoms with van der Waals surface area (Å²) in [5.74, 6) is -0.561. The number of hydrogen-bond acceptors (Lipinski definition) is 15. The highest BCUT2D eigenvalue weighted by Crippen LogP contribution is 2.37. The Balaban J connectivity index is 0.612. The van der Waals surface area contributed by atoms with E-state index in [1.807, 2.05) is 95.9 Å². The molecule has 0 atom stereocenters. The summed E-state index contributed by atoms with van der Waals surface area (Å²) in [4.78, 5) is 55.4. The van der Waals surface area contributed by atoms with Gasteiger partial charge in [0.2, 0.25) is 0 Å². The van der Waals surface area contributed by atoms with Crippen LogP contribution in [-0.4, -0.2) is 114 Å². The third-order valence-corrected chi connectivity index (χ3v) is 13.9. The normalized spacial score (nSPS) is 14.4. The molecule has 1 fully saturated rings. The fraction of sp³-hybridized carbons (Fsp3) is 0.379. The number of aromatic nitrogens is 3. The number of aryl methyl sites for hydroxylation is 1. The SMILES string of the molecule is COC(=O)c1cc(OCC2=CN(CCCCCCCCCCn3cc(COc4ccc(CNCc5ccc(CN6C(=O)c7cccc8c(N9CCOCC9)ccc(c78)C6=O)cc5)cc4)nn3)[N]N2C)cc(C(=O)OC)c1. The highest BCUT2D eigenvalue weighted by molar-refractivity contribution is 6.26. The van der Waals surface area contributed by atoms with Crippen molar-refractivity contribution in [2.75, 3.05) is 65.6 Å². The number of nitrogens with one attached hydrogen (secondary N) is 1. The molecule has 1 radical (unpaired) electrons. The number of esters is 2. The minimum Gasteiger partial charge on any atom is -0.487 e. The van der Waals surface area contributed by atoms with Gasteiger partial charge < -0.3 is 33.9 Å². The minimum atomic E-state index is -0.573. The van der Waals surface area contributed by atoms with Crippen molar-refractivity contribution in [1.82, 2.24) is 40.8 Å². The predicted octanol–water partition coefficient (Wildman–Crippen LogP) is 8.23. The average molecular weight is 1030 g/mol. The van der Waals surface area contributed by atoms with Crippen molar-refractivity contribution in [3.63, 3.8) is 0 Å². The van der Waals surface area contributed by atoms with E-state index >= 15 is 0 Å². The molecule has 18 heteroatoms. The van der Waals surface area contributed by atoms with Gasteiger partial charge in [0, 0.05) is 80.1 Å². The van der Waals surface area contributed by atoms with Crippen LogP contribution in [0.2, 0.25) is 0 Å². The van der Waals surface area contributed by atoms with E-state index in [2.05, 4.69) is 38.2 Å². The van der Waals surface area contributed by atoms with Gasteiger partial charge in [0.15, 0.2) is 0 Å². The molecule has 9 rings (SSSR count). The van der Waals surface area contributed by atoms with Crippen LogP contribution in [0.4, 0.5) is 5.69 Å². The minimum absolute atomic E-state index is 0.199. The summed E-state index contributed by atoms with van der Waals surface area (Å²) in [6, 6.07) is 30.2. The van der Waals surface area contributed by atoms with Gasteiger partial charge in [0.05, 0.1) is 57.0 Å². The Morgan fingerprint density at radius 2 is 1.28 bits per heavy atom. The largest absolute Gasteiger partial charge is 0.487 e. The van der Waals surface area contributed by atoms with Crippen molar-refractivity contribution in [3.05, 3.63) is 160 Å². The lowest BCUT2D eigenvalue weighted by Crippen LogP contribution is -2.40. The fourth-order valence-electron chi connectivity index (χ4n) is 9.70. The highest BCUT2D eigenvalue weighted by atomic mass is 16.5. The third kappa shape index (κ3) is 13.3. The number of hydrogen-bond donors (Lipinski definition) is 1. The first-order valence-corrected chi connectivity index (χ1v) is 26.1. The number of likely N-dealkylation sites (N-methyl/N-ethyl adjacent to an activating group) is 1. The van der Waals surface area contributed by atoms with Crippen LogP contribution in [0.15, 0.2) is 115 Å². The van der Waals surface area contributed by atoms with Crippen molar-refractivity contribution in [1.29, 1.82) is 0 Å². The zero-order valence-electron chi connectivity index (χ0n) is 43.6. The fourth-order valence-corrected chi connectivity index (χ4v) is 9.70. The maximum atomic E-state index is 13.8. The number of carbonyl (C=O) groups excluding carboxylic acids is 4. The number of benzene rings is 5. The summed E-state index contributed by atoms with van der Waals surface area (Å²) >= 11 is 0. The molecule has 0 unspecified atom stereocenters. The van der Waals surface area contributed by atoms with Crippen molar-refractivity contribution in [2.24, 2.45) is 0 Å². The van der Waals surface area contributed by atoms with Crippen LogP contribution in [0, 0.1) is 0 Å². The summed E-state index contributed by atoms with van der Waals surface area (Å²) in [7, 11) is 4.42. The lowest BCUT2D eigenvalue weighted by Gasteiger charge is -2.32. The molecule has 5 aromatic carbocycles. The molecule has 18 nitrogen and oxygen atoms in total. The van der Waals surface area contributed by atoms with E-state index in [0.717, 1.165) is 102 Å². The quantitative estimate of drug-likeness (QED) is 0.0311. The van der Waals surface area contributed by atoms with E-state index in [1.54, 1.807) is 5.01 Å². The molecular weight excluding hydrogens is 967 g/mol. The van der Waals surface area contributed by atoms with Crippen molar-refractivity contribution in [2.45, 2.75) is 84.2 Å². The number of amides is 2. The van der Waals surface area contributed by atoms with E-state index in [0.29, 0.717) is 49.8 Å². The molecule has 4 heterocycles. The van der Waals surface area contributed by atoms with Gasteiger partial charge in [-0.25, -0.2) is 9.59 Å². The second kappa shape index (κ2) is 25.6. The molecule has 1 aromatic heterocycles. The van der Waals surface area contributed by atoms with Gasteiger partial charge in [-0.05, 0) is 83.6 Å². The summed E-state index contributed by atoms with van der Waals surface area (Å²) in [6.45, 7) is 6.58.